The molecule has 0 aliphatic carbocycles. The number of aryl methyl sites for hydroxylation is 2. The molecule has 5 heterocycles. The summed E-state index contributed by atoms with van der Waals surface area (Å²) in [4.78, 5) is 48.4. The molecule has 0 atom stereocenters. The van der Waals surface area contributed by atoms with Crippen LogP contribution in [0, 0.1) is 12.7 Å². The van der Waals surface area contributed by atoms with E-state index in [1.807, 2.05) is 30.1 Å². The number of rotatable bonds is 5. The number of aromatic amines is 1. The van der Waals surface area contributed by atoms with Crippen LogP contribution in [0.5, 0.6) is 0 Å². The van der Waals surface area contributed by atoms with E-state index in [1.165, 1.54) is 12.4 Å². The predicted octanol–water partition coefficient (Wildman–Crippen LogP) is 3.13. The third-order valence-corrected chi connectivity index (χ3v) is 8.43. The number of carbonyl (C=O) groups excluding carboxylic acids is 2. The minimum atomic E-state index is -0.482. The molecule has 14 heteroatoms. The molecule has 0 saturated carbocycles. The Morgan fingerprint density at radius 2 is 1.93 bits per heavy atom. The molecule has 1 saturated heterocycles. The van der Waals surface area contributed by atoms with Gasteiger partial charge in [-0.1, -0.05) is 12.1 Å². The van der Waals surface area contributed by atoms with Gasteiger partial charge in [0.15, 0.2) is 0 Å². The number of H-pyrrole nitrogens is 1. The van der Waals surface area contributed by atoms with Crippen LogP contribution < -0.4 is 10.9 Å². The summed E-state index contributed by atoms with van der Waals surface area (Å²) in [5.74, 6) is -0.647. The van der Waals surface area contributed by atoms with Crippen LogP contribution in [0.3, 0.4) is 0 Å². The number of likely N-dealkylation sites (tertiary alicyclic amines) is 1. The first-order valence-corrected chi connectivity index (χ1v) is 14.3. The topological polar surface area (TPSA) is 148 Å². The molecule has 1 fully saturated rings. The lowest BCUT2D eigenvalue weighted by atomic mass is 9.89. The van der Waals surface area contributed by atoms with Crippen molar-refractivity contribution in [1.29, 1.82) is 0 Å². The number of hydrogen-bond acceptors (Lipinski definition) is 7. The Morgan fingerprint density at radius 1 is 1.14 bits per heavy atom. The Hall–Kier alpha value is -5.40. The Kier molecular flexibility index (Phi) is 6.48. The zero-order chi connectivity index (χ0) is 30.7. The molecule has 0 bridgehead atoms. The van der Waals surface area contributed by atoms with E-state index in [-0.39, 0.29) is 29.8 Å². The van der Waals surface area contributed by atoms with Crippen LogP contribution in [-0.4, -0.2) is 68.9 Å². The van der Waals surface area contributed by atoms with Crippen LogP contribution in [0.1, 0.15) is 37.1 Å². The maximum atomic E-state index is 15.7. The van der Waals surface area contributed by atoms with Crippen molar-refractivity contribution in [2.24, 2.45) is 7.05 Å². The molecule has 1 aliphatic rings. The number of halogens is 1. The van der Waals surface area contributed by atoms with Crippen LogP contribution in [0.2, 0.25) is 0 Å². The number of benzene rings is 2. The fourth-order valence-corrected chi connectivity index (χ4v) is 6.15. The average Bonchev–Trinajstić information content (AvgIpc) is 3.72. The Balaban J connectivity index is 1.32. The van der Waals surface area contributed by atoms with Gasteiger partial charge in [0.1, 0.15) is 24.4 Å². The maximum absolute atomic E-state index is 15.7. The number of nitrogens with one attached hydrogen (secondary N) is 2. The molecule has 2 N–H and O–H groups in total. The minimum absolute atomic E-state index is 0.0130. The van der Waals surface area contributed by atoms with Gasteiger partial charge >= 0.3 is 0 Å². The summed E-state index contributed by atoms with van der Waals surface area (Å²) in [6.45, 7) is 4.16. The first kappa shape index (κ1) is 27.4. The molecule has 44 heavy (non-hydrogen) atoms. The van der Waals surface area contributed by atoms with Gasteiger partial charge in [-0.3, -0.25) is 28.8 Å². The number of carbonyl (C=O) groups is 2. The fraction of sp³-hybridized carbons (Fsp3) is 0.300. The molecule has 4 aromatic heterocycles. The van der Waals surface area contributed by atoms with Crippen LogP contribution >= 0.6 is 0 Å². The van der Waals surface area contributed by atoms with Gasteiger partial charge in [-0.25, -0.2) is 14.4 Å². The number of amides is 2. The summed E-state index contributed by atoms with van der Waals surface area (Å²) in [7, 11) is 1.81. The highest BCUT2D eigenvalue weighted by Gasteiger charge is 2.29. The van der Waals surface area contributed by atoms with Crippen LogP contribution in [0.15, 0.2) is 47.7 Å². The number of fused-ring (bicyclic) bond motifs is 3. The molecule has 2 amide bonds. The monoisotopic (exact) mass is 596 g/mol. The van der Waals surface area contributed by atoms with Gasteiger partial charge < -0.3 is 10.2 Å². The van der Waals surface area contributed by atoms with Gasteiger partial charge in [-0.2, -0.15) is 14.7 Å². The largest absolute Gasteiger partial charge is 0.343 e. The lowest BCUT2D eigenvalue weighted by Crippen LogP contribution is -2.36. The van der Waals surface area contributed by atoms with Gasteiger partial charge in [0.25, 0.3) is 11.3 Å². The molecule has 224 valence electrons. The van der Waals surface area contributed by atoms with Crippen LogP contribution in [-0.2, 0) is 23.2 Å². The second kappa shape index (κ2) is 10.4. The minimum Gasteiger partial charge on any atom is -0.343 e. The molecule has 0 spiro atoms. The number of aromatic nitrogens is 8. The van der Waals surface area contributed by atoms with Crippen LogP contribution in [0.25, 0.3) is 38.7 Å². The van der Waals surface area contributed by atoms with E-state index >= 15 is 4.39 Å². The predicted molar refractivity (Wildman–Crippen MR) is 161 cm³/mol. The molecule has 1 aliphatic heterocycles. The second-order valence-corrected chi connectivity index (χ2v) is 11.1. The smallest absolute Gasteiger partial charge is 0.298 e. The van der Waals surface area contributed by atoms with E-state index in [0.717, 1.165) is 21.1 Å². The zero-order valence-corrected chi connectivity index (χ0v) is 24.3. The van der Waals surface area contributed by atoms with E-state index in [2.05, 4.69) is 25.5 Å². The summed E-state index contributed by atoms with van der Waals surface area (Å²) in [5, 5.41) is 16.0. The highest BCUT2D eigenvalue weighted by Crippen LogP contribution is 2.39. The number of anilines is 1. The Bertz CT molecular complexity index is 2170. The summed E-state index contributed by atoms with van der Waals surface area (Å²) in [6.07, 6.45) is 4.34. The molecule has 0 radical (unpaired) electrons. The van der Waals surface area contributed by atoms with Gasteiger partial charge in [0.2, 0.25) is 11.8 Å². The van der Waals surface area contributed by atoms with Gasteiger partial charge in [-0.15, -0.1) is 0 Å². The highest BCUT2D eigenvalue weighted by atomic mass is 19.1. The fourth-order valence-electron chi connectivity index (χ4n) is 6.15. The molecule has 13 nitrogen and oxygen atoms in total. The van der Waals surface area contributed by atoms with E-state index in [4.69, 9.17) is 5.10 Å². The molecular formula is C30H29FN10O3. The number of piperidine rings is 1. The first-order chi connectivity index (χ1) is 21.2. The van der Waals surface area contributed by atoms with E-state index in [9.17, 15) is 14.4 Å². The van der Waals surface area contributed by atoms with Crippen LogP contribution in [0.4, 0.5) is 10.1 Å². The van der Waals surface area contributed by atoms with Crippen molar-refractivity contribution >= 4 is 45.1 Å². The quantitative estimate of drug-likeness (QED) is 0.311. The standard InChI is InChI=1S/C30H29FN10O3/c1-16-27(29(44)41-30(35-16)32-15-34-41)36-25(43)14-40-23-6-4-5-20(21-12-24-19(11-22(21)31)13-33-38(24)3)26(23)28(37-40)18-7-9-39(10-8-18)17(2)42/h4-6,11-13,15,18H,7-10,14H2,1-3H3,(H,36,43)(H,32,34,35). The molecule has 7 rings (SSSR count). The molecular weight excluding hydrogens is 567 g/mol. The maximum Gasteiger partial charge on any atom is 0.298 e. The van der Waals surface area contributed by atoms with Crippen molar-refractivity contribution in [3.05, 3.63) is 70.4 Å². The van der Waals surface area contributed by atoms with E-state index < -0.39 is 17.3 Å². The highest BCUT2D eigenvalue weighted by molar-refractivity contribution is 6.00. The average molecular weight is 597 g/mol. The Labute approximate surface area is 249 Å². The third kappa shape index (κ3) is 4.49. The normalized spacial score (nSPS) is 14.2. The SMILES string of the molecule is CC(=O)N1CCC(c2nn(CC(=O)Nc3c(C)nc4nc[nH]n4c3=O)c3cccc(-c4cc5c(cnn5C)cc4F)c23)CC1. The van der Waals surface area contributed by atoms with Crippen molar-refractivity contribution in [2.75, 3.05) is 18.4 Å². The summed E-state index contributed by atoms with van der Waals surface area (Å²) >= 11 is 0. The lowest BCUT2D eigenvalue weighted by Gasteiger charge is -2.30. The van der Waals surface area contributed by atoms with E-state index in [0.29, 0.717) is 53.7 Å². The third-order valence-electron chi connectivity index (χ3n) is 8.43. The van der Waals surface area contributed by atoms with Gasteiger partial charge in [0.05, 0.1) is 28.6 Å². The number of nitrogens with zero attached hydrogens (tertiary/aromatic N) is 8. The molecule has 2 aromatic carbocycles. The second-order valence-electron chi connectivity index (χ2n) is 11.1. The first-order valence-electron chi connectivity index (χ1n) is 14.3. The van der Waals surface area contributed by atoms with Crippen molar-refractivity contribution in [3.8, 4) is 11.1 Å². The zero-order valence-electron chi connectivity index (χ0n) is 24.3. The van der Waals surface area contributed by atoms with Crippen molar-refractivity contribution in [2.45, 2.75) is 39.2 Å². The van der Waals surface area contributed by atoms with Crippen molar-refractivity contribution in [3.63, 3.8) is 0 Å². The molecule has 6 aromatic rings. The number of hydrogen-bond donors (Lipinski definition) is 2. The summed E-state index contributed by atoms with van der Waals surface area (Å²) < 4.78 is 20.1. The van der Waals surface area contributed by atoms with Gasteiger partial charge in [0, 0.05) is 49.3 Å². The lowest BCUT2D eigenvalue weighted by molar-refractivity contribution is -0.129. The van der Waals surface area contributed by atoms with Crippen molar-refractivity contribution < 1.29 is 14.0 Å². The Morgan fingerprint density at radius 3 is 2.70 bits per heavy atom. The van der Waals surface area contributed by atoms with E-state index in [1.54, 1.807) is 35.5 Å². The van der Waals surface area contributed by atoms with Gasteiger partial charge in [-0.05, 0) is 43.5 Å². The summed E-state index contributed by atoms with van der Waals surface area (Å²) in [5.41, 5.74) is 3.13. The van der Waals surface area contributed by atoms with Crippen molar-refractivity contribution in [1.82, 2.24) is 44.0 Å². The summed E-state index contributed by atoms with van der Waals surface area (Å²) in [6, 6.07) is 8.79. The molecule has 0 unspecified atom stereocenters.